The van der Waals surface area contributed by atoms with Gasteiger partial charge in [-0.05, 0) is 48.7 Å². The molecule has 0 unspecified atom stereocenters. The number of rotatable bonds is 7. The van der Waals surface area contributed by atoms with Crippen LogP contribution in [0.2, 0.25) is 0 Å². The fourth-order valence-electron chi connectivity index (χ4n) is 2.42. The molecule has 0 atom stereocenters. The maximum Gasteiger partial charge on any atom is 0.243 e. The highest BCUT2D eigenvalue weighted by Gasteiger charge is 2.06. The minimum absolute atomic E-state index is 0.0983. The van der Waals surface area contributed by atoms with Crippen molar-refractivity contribution in [3.8, 4) is 0 Å². The fraction of sp³-hybridized carbons (Fsp3) is 0.300. The summed E-state index contributed by atoms with van der Waals surface area (Å²) in [6.07, 6.45) is 1.16. The second kappa shape index (κ2) is 8.87. The van der Waals surface area contributed by atoms with E-state index in [1.807, 2.05) is 55.5 Å². The van der Waals surface area contributed by atoms with Gasteiger partial charge in [0, 0.05) is 31.9 Å². The zero-order valence-electron chi connectivity index (χ0n) is 15.0. The van der Waals surface area contributed by atoms with Crippen LogP contribution in [0.15, 0.2) is 48.5 Å². The van der Waals surface area contributed by atoms with Crippen LogP contribution in [0, 0.1) is 6.92 Å². The lowest BCUT2D eigenvalue weighted by atomic mass is 10.1. The molecule has 0 bridgehead atoms. The predicted octanol–water partition coefficient (Wildman–Crippen LogP) is 3.07. The van der Waals surface area contributed by atoms with Crippen molar-refractivity contribution >= 4 is 23.2 Å². The molecule has 25 heavy (non-hydrogen) atoms. The van der Waals surface area contributed by atoms with Crippen LogP contribution in [0.25, 0.3) is 0 Å². The van der Waals surface area contributed by atoms with Crippen LogP contribution in [-0.4, -0.2) is 37.4 Å². The van der Waals surface area contributed by atoms with Crippen LogP contribution < -0.4 is 10.6 Å². The molecule has 0 aromatic heterocycles. The summed E-state index contributed by atoms with van der Waals surface area (Å²) in [4.78, 5) is 25.3. The highest BCUT2D eigenvalue weighted by atomic mass is 16.2. The molecule has 0 spiro atoms. The van der Waals surface area contributed by atoms with E-state index in [-0.39, 0.29) is 18.4 Å². The van der Waals surface area contributed by atoms with Crippen molar-refractivity contribution in [2.24, 2.45) is 0 Å². The van der Waals surface area contributed by atoms with Gasteiger partial charge in [-0.1, -0.05) is 24.3 Å². The normalized spacial score (nSPS) is 10.2. The van der Waals surface area contributed by atoms with Crippen molar-refractivity contribution in [3.05, 3.63) is 59.7 Å². The lowest BCUT2D eigenvalue weighted by Gasteiger charge is -2.11. The molecule has 2 N–H and O–H groups in total. The Morgan fingerprint density at radius 1 is 1.00 bits per heavy atom. The van der Waals surface area contributed by atoms with Gasteiger partial charge in [-0.15, -0.1) is 0 Å². The largest absolute Gasteiger partial charge is 0.376 e. The summed E-state index contributed by atoms with van der Waals surface area (Å²) in [7, 11) is 3.51. The molecule has 5 nitrogen and oxygen atoms in total. The average Bonchev–Trinajstić information content (AvgIpc) is 2.58. The number of amides is 2. The lowest BCUT2D eigenvalue weighted by Crippen LogP contribution is -2.22. The van der Waals surface area contributed by atoms with Gasteiger partial charge in [0.15, 0.2) is 0 Å². The van der Waals surface area contributed by atoms with E-state index in [1.165, 1.54) is 0 Å². The van der Waals surface area contributed by atoms with Gasteiger partial charge in [0.05, 0.1) is 6.54 Å². The van der Waals surface area contributed by atoms with Gasteiger partial charge >= 0.3 is 0 Å². The Hall–Kier alpha value is -2.82. The van der Waals surface area contributed by atoms with Gasteiger partial charge in [-0.3, -0.25) is 9.59 Å². The number of nitrogens with zero attached hydrogens (tertiary/aromatic N) is 1. The molecule has 2 aromatic carbocycles. The number of anilines is 2. The van der Waals surface area contributed by atoms with Crippen LogP contribution in [0.5, 0.6) is 0 Å². The first-order valence-corrected chi connectivity index (χ1v) is 8.33. The van der Waals surface area contributed by atoms with Crippen molar-refractivity contribution in [3.63, 3.8) is 0 Å². The average molecular weight is 339 g/mol. The SMILES string of the molecule is Cc1cccc(NC(=O)CNc2cccc(CCC(=O)N(C)C)c2)c1. The molecule has 2 aromatic rings. The Kier molecular flexibility index (Phi) is 6.57. The lowest BCUT2D eigenvalue weighted by molar-refractivity contribution is -0.128. The zero-order chi connectivity index (χ0) is 18.2. The van der Waals surface area contributed by atoms with Crippen molar-refractivity contribution in [2.45, 2.75) is 19.8 Å². The van der Waals surface area contributed by atoms with E-state index >= 15 is 0 Å². The summed E-state index contributed by atoms with van der Waals surface area (Å²) in [6, 6.07) is 15.5. The van der Waals surface area contributed by atoms with E-state index in [9.17, 15) is 9.59 Å². The first-order valence-electron chi connectivity index (χ1n) is 8.33. The third-order valence-electron chi connectivity index (χ3n) is 3.81. The maximum atomic E-state index is 12.0. The predicted molar refractivity (Wildman–Crippen MR) is 102 cm³/mol. The van der Waals surface area contributed by atoms with Crippen LogP contribution in [0.1, 0.15) is 17.5 Å². The molecule has 0 saturated carbocycles. The van der Waals surface area contributed by atoms with Crippen LogP contribution in [0.3, 0.4) is 0 Å². The molecule has 0 heterocycles. The standard InChI is InChI=1S/C20H25N3O2/c1-15-6-4-9-18(12-15)22-19(24)14-21-17-8-5-7-16(13-17)10-11-20(25)23(2)3/h4-9,12-13,21H,10-11,14H2,1-3H3,(H,22,24). The Morgan fingerprint density at radius 3 is 2.44 bits per heavy atom. The Bertz CT molecular complexity index is 741. The summed E-state index contributed by atoms with van der Waals surface area (Å²) < 4.78 is 0. The van der Waals surface area contributed by atoms with Crippen molar-refractivity contribution in [1.29, 1.82) is 0 Å². The van der Waals surface area contributed by atoms with Crippen molar-refractivity contribution in [2.75, 3.05) is 31.3 Å². The summed E-state index contributed by atoms with van der Waals surface area (Å²) in [5.41, 5.74) is 3.84. The molecular formula is C20H25N3O2. The number of carbonyl (C=O) groups is 2. The third-order valence-corrected chi connectivity index (χ3v) is 3.81. The molecule has 0 aliphatic rings. The number of benzene rings is 2. The van der Waals surface area contributed by atoms with E-state index in [0.717, 1.165) is 22.5 Å². The van der Waals surface area contributed by atoms with Crippen LogP contribution >= 0.6 is 0 Å². The first kappa shape index (κ1) is 18.5. The van der Waals surface area contributed by atoms with E-state index in [4.69, 9.17) is 0 Å². The van der Waals surface area contributed by atoms with Crippen LogP contribution in [-0.2, 0) is 16.0 Å². The number of hydrogen-bond acceptors (Lipinski definition) is 3. The molecule has 2 rings (SSSR count). The summed E-state index contributed by atoms with van der Waals surface area (Å²) >= 11 is 0. The van der Waals surface area contributed by atoms with E-state index < -0.39 is 0 Å². The molecule has 0 saturated heterocycles. The number of aryl methyl sites for hydroxylation is 2. The van der Waals surface area contributed by atoms with Gasteiger partial charge in [0.2, 0.25) is 11.8 Å². The number of carbonyl (C=O) groups excluding carboxylic acids is 2. The smallest absolute Gasteiger partial charge is 0.243 e. The molecule has 0 aliphatic carbocycles. The van der Waals surface area contributed by atoms with E-state index in [2.05, 4.69) is 10.6 Å². The first-order chi connectivity index (χ1) is 11.9. The summed E-state index contributed by atoms with van der Waals surface area (Å²) in [5, 5.41) is 5.99. The highest BCUT2D eigenvalue weighted by molar-refractivity contribution is 5.93. The van der Waals surface area contributed by atoms with Gasteiger partial charge in [-0.25, -0.2) is 0 Å². The topological polar surface area (TPSA) is 61.4 Å². The Morgan fingerprint density at radius 2 is 1.72 bits per heavy atom. The minimum Gasteiger partial charge on any atom is -0.376 e. The monoisotopic (exact) mass is 339 g/mol. The number of nitrogens with one attached hydrogen (secondary N) is 2. The maximum absolute atomic E-state index is 12.0. The fourth-order valence-corrected chi connectivity index (χ4v) is 2.42. The Labute approximate surface area is 149 Å². The van der Waals surface area contributed by atoms with Gasteiger partial charge in [0.1, 0.15) is 0 Å². The van der Waals surface area contributed by atoms with Crippen LogP contribution in [0.4, 0.5) is 11.4 Å². The van der Waals surface area contributed by atoms with E-state index in [1.54, 1.807) is 19.0 Å². The van der Waals surface area contributed by atoms with E-state index in [0.29, 0.717) is 12.8 Å². The number of hydrogen-bond donors (Lipinski definition) is 2. The second-order valence-corrected chi connectivity index (χ2v) is 6.26. The second-order valence-electron chi connectivity index (χ2n) is 6.26. The van der Waals surface area contributed by atoms with Crippen molar-refractivity contribution < 1.29 is 9.59 Å². The molecule has 0 aliphatic heterocycles. The third kappa shape index (κ3) is 6.30. The molecule has 5 heteroatoms. The molecule has 0 fully saturated rings. The summed E-state index contributed by atoms with van der Waals surface area (Å²) in [5.74, 6) is 0.00897. The molecule has 132 valence electrons. The zero-order valence-corrected chi connectivity index (χ0v) is 15.0. The molecule has 0 radical (unpaired) electrons. The summed E-state index contributed by atoms with van der Waals surface area (Å²) in [6.45, 7) is 2.18. The molecular weight excluding hydrogens is 314 g/mol. The quantitative estimate of drug-likeness (QED) is 0.815. The van der Waals surface area contributed by atoms with Gasteiger partial charge < -0.3 is 15.5 Å². The van der Waals surface area contributed by atoms with Gasteiger partial charge in [-0.2, -0.15) is 0 Å². The highest BCUT2D eigenvalue weighted by Crippen LogP contribution is 2.13. The molecule has 2 amide bonds. The van der Waals surface area contributed by atoms with Gasteiger partial charge in [0.25, 0.3) is 0 Å². The van der Waals surface area contributed by atoms with Crippen molar-refractivity contribution in [1.82, 2.24) is 4.90 Å². The minimum atomic E-state index is -0.0983. The Balaban J connectivity index is 1.85.